The largest absolute Gasteiger partial charge is 0.484 e. The molecule has 1 aromatic rings. The van der Waals surface area contributed by atoms with Crippen LogP contribution < -0.4 is 15.4 Å². The summed E-state index contributed by atoms with van der Waals surface area (Å²) >= 11 is 0. The Morgan fingerprint density at radius 1 is 1.12 bits per heavy atom. The summed E-state index contributed by atoms with van der Waals surface area (Å²) in [6.07, 6.45) is 2.36. The molecule has 25 heavy (non-hydrogen) atoms. The van der Waals surface area contributed by atoms with Crippen molar-refractivity contribution in [3.05, 3.63) is 29.8 Å². The Hall–Kier alpha value is -1.88. The van der Waals surface area contributed by atoms with Crippen molar-refractivity contribution in [3.8, 4) is 5.75 Å². The van der Waals surface area contributed by atoms with Gasteiger partial charge in [0.25, 0.3) is 5.91 Å². The van der Waals surface area contributed by atoms with Gasteiger partial charge in [0.05, 0.1) is 11.1 Å². The number of piperidine rings is 1. The summed E-state index contributed by atoms with van der Waals surface area (Å²) in [6.45, 7) is 10.7. The molecule has 0 aromatic heterocycles. The van der Waals surface area contributed by atoms with E-state index in [4.69, 9.17) is 4.74 Å². The van der Waals surface area contributed by atoms with Crippen molar-refractivity contribution >= 4 is 11.7 Å². The van der Waals surface area contributed by atoms with Gasteiger partial charge in [-0.15, -0.1) is 0 Å². The van der Waals surface area contributed by atoms with Crippen LogP contribution in [0, 0.1) is 0 Å². The van der Waals surface area contributed by atoms with Crippen LogP contribution in [0.3, 0.4) is 0 Å². The summed E-state index contributed by atoms with van der Waals surface area (Å²) in [5.41, 5.74) is 0.895. The number of ether oxygens (including phenoxy) is 1. The summed E-state index contributed by atoms with van der Waals surface area (Å²) < 4.78 is 5.55. The Morgan fingerprint density at radius 3 is 2.20 bits per heavy atom. The van der Waals surface area contributed by atoms with Gasteiger partial charge in [-0.2, -0.15) is 0 Å². The molecule has 3 N–H and O–H groups in total. The number of rotatable bonds is 6. The second-order valence-electron chi connectivity index (χ2n) is 8.38. The first-order chi connectivity index (χ1) is 11.6. The van der Waals surface area contributed by atoms with Crippen molar-refractivity contribution in [1.29, 1.82) is 0 Å². The van der Waals surface area contributed by atoms with E-state index in [2.05, 4.69) is 38.3 Å². The molecule has 1 aliphatic heterocycles. The SMILES string of the molecule is CCC(=O)c1ccc(OCC(=O)NC2CC(C)(C)[NH2+]C(C)(C)C2)cc1. The van der Waals surface area contributed by atoms with Crippen LogP contribution in [-0.4, -0.2) is 35.4 Å². The number of quaternary nitrogens is 1. The summed E-state index contributed by atoms with van der Waals surface area (Å²) in [5.74, 6) is 0.594. The van der Waals surface area contributed by atoms with Gasteiger partial charge in [0.15, 0.2) is 12.4 Å². The monoisotopic (exact) mass is 347 g/mol. The highest BCUT2D eigenvalue weighted by Gasteiger charge is 2.42. The van der Waals surface area contributed by atoms with E-state index in [1.54, 1.807) is 24.3 Å². The zero-order valence-electron chi connectivity index (χ0n) is 16.0. The molecule has 0 atom stereocenters. The van der Waals surface area contributed by atoms with Gasteiger partial charge >= 0.3 is 0 Å². The molecule has 0 bridgehead atoms. The maximum Gasteiger partial charge on any atom is 0.258 e. The van der Waals surface area contributed by atoms with Crippen LogP contribution in [0.15, 0.2) is 24.3 Å². The number of amides is 1. The van der Waals surface area contributed by atoms with Crippen LogP contribution in [-0.2, 0) is 4.79 Å². The predicted octanol–water partition coefficient (Wildman–Crippen LogP) is 2.06. The fraction of sp³-hybridized carbons (Fsp3) is 0.600. The summed E-state index contributed by atoms with van der Waals surface area (Å²) in [6, 6.07) is 7.11. The van der Waals surface area contributed by atoms with Crippen molar-refractivity contribution in [1.82, 2.24) is 5.32 Å². The third kappa shape index (κ3) is 5.85. The maximum absolute atomic E-state index is 12.2. The summed E-state index contributed by atoms with van der Waals surface area (Å²) in [4.78, 5) is 23.8. The van der Waals surface area contributed by atoms with Crippen LogP contribution in [0.4, 0.5) is 0 Å². The van der Waals surface area contributed by atoms with Crippen LogP contribution >= 0.6 is 0 Å². The molecule has 138 valence electrons. The number of nitrogens with two attached hydrogens (primary N) is 1. The van der Waals surface area contributed by atoms with Gasteiger partial charge in [-0.1, -0.05) is 6.92 Å². The number of hydrogen-bond acceptors (Lipinski definition) is 3. The third-order valence-electron chi connectivity index (χ3n) is 4.56. The zero-order valence-corrected chi connectivity index (χ0v) is 16.0. The van der Waals surface area contributed by atoms with Crippen molar-refractivity contribution in [2.24, 2.45) is 0 Å². The number of nitrogens with one attached hydrogen (secondary N) is 1. The number of hydrogen-bond donors (Lipinski definition) is 2. The quantitative estimate of drug-likeness (QED) is 0.774. The Bertz CT molecular complexity index is 604. The third-order valence-corrected chi connectivity index (χ3v) is 4.56. The smallest absolute Gasteiger partial charge is 0.258 e. The van der Waals surface area contributed by atoms with Crippen LogP contribution in [0.25, 0.3) is 0 Å². The Kier molecular flexibility index (Phi) is 5.88. The molecule has 2 rings (SSSR count). The molecule has 0 aliphatic carbocycles. The molecule has 1 heterocycles. The number of Topliss-reactive ketones (excluding diaryl/α,β-unsaturated/α-hetero) is 1. The average molecular weight is 347 g/mol. The van der Waals surface area contributed by atoms with Crippen molar-refractivity contribution in [2.75, 3.05) is 6.61 Å². The predicted molar refractivity (Wildman–Crippen MR) is 97.8 cm³/mol. The fourth-order valence-electron chi connectivity index (χ4n) is 3.98. The summed E-state index contributed by atoms with van der Waals surface area (Å²) in [5, 5.41) is 5.49. The van der Waals surface area contributed by atoms with E-state index in [0.717, 1.165) is 12.8 Å². The molecule has 0 spiro atoms. The highest BCUT2D eigenvalue weighted by atomic mass is 16.5. The Morgan fingerprint density at radius 2 is 1.68 bits per heavy atom. The molecule has 1 amide bonds. The Labute approximate surface area is 150 Å². The first-order valence-electron chi connectivity index (χ1n) is 9.03. The Balaban J connectivity index is 1.85. The highest BCUT2D eigenvalue weighted by molar-refractivity contribution is 5.95. The van der Waals surface area contributed by atoms with Gasteiger partial charge in [0, 0.05) is 30.9 Å². The molecule has 1 saturated heterocycles. The van der Waals surface area contributed by atoms with Crippen molar-refractivity contribution in [3.63, 3.8) is 0 Å². The maximum atomic E-state index is 12.2. The average Bonchev–Trinajstić information content (AvgIpc) is 2.49. The number of carbonyl (C=O) groups is 2. The minimum Gasteiger partial charge on any atom is -0.484 e. The number of ketones is 1. The molecule has 0 unspecified atom stereocenters. The minimum absolute atomic E-state index is 0.0118. The lowest BCUT2D eigenvalue weighted by molar-refractivity contribution is -0.787. The van der Waals surface area contributed by atoms with Crippen LogP contribution in [0.1, 0.15) is 64.2 Å². The molecule has 0 saturated carbocycles. The first kappa shape index (κ1) is 19.4. The first-order valence-corrected chi connectivity index (χ1v) is 9.03. The fourth-order valence-corrected chi connectivity index (χ4v) is 3.98. The second-order valence-corrected chi connectivity index (χ2v) is 8.38. The number of benzene rings is 1. The highest BCUT2D eigenvalue weighted by Crippen LogP contribution is 2.21. The molecule has 1 fully saturated rings. The van der Waals surface area contributed by atoms with Gasteiger partial charge in [-0.05, 0) is 52.0 Å². The van der Waals surface area contributed by atoms with E-state index < -0.39 is 0 Å². The van der Waals surface area contributed by atoms with Gasteiger partial charge < -0.3 is 15.4 Å². The molecule has 5 heteroatoms. The molecular formula is C20H31N2O3+. The van der Waals surface area contributed by atoms with E-state index in [-0.39, 0.29) is 35.4 Å². The molecule has 0 radical (unpaired) electrons. The summed E-state index contributed by atoms with van der Waals surface area (Å²) in [7, 11) is 0. The number of carbonyl (C=O) groups excluding carboxylic acids is 2. The van der Waals surface area contributed by atoms with Crippen LogP contribution in [0.5, 0.6) is 5.75 Å². The van der Waals surface area contributed by atoms with E-state index >= 15 is 0 Å². The van der Waals surface area contributed by atoms with E-state index in [1.807, 2.05) is 6.92 Å². The lowest BCUT2D eigenvalue weighted by Gasteiger charge is -2.43. The molecule has 1 aromatic carbocycles. The standard InChI is InChI=1S/C20H30N2O3/c1-6-17(23)14-7-9-16(10-8-14)25-13-18(24)21-15-11-19(2,3)22-20(4,5)12-15/h7-10,15,22H,6,11-13H2,1-5H3,(H,21,24)/p+1. The van der Waals surface area contributed by atoms with Gasteiger partial charge in [-0.25, -0.2) is 0 Å². The molecular weight excluding hydrogens is 316 g/mol. The molecule has 1 aliphatic rings. The second kappa shape index (κ2) is 7.56. The lowest BCUT2D eigenvalue weighted by atomic mass is 9.79. The van der Waals surface area contributed by atoms with Gasteiger partial charge in [-0.3, -0.25) is 9.59 Å². The van der Waals surface area contributed by atoms with Gasteiger partial charge in [0.2, 0.25) is 0 Å². The lowest BCUT2D eigenvalue weighted by Crippen LogP contribution is -3.06. The van der Waals surface area contributed by atoms with E-state index in [1.165, 1.54) is 0 Å². The van der Waals surface area contributed by atoms with E-state index in [0.29, 0.717) is 17.7 Å². The zero-order chi connectivity index (χ0) is 18.7. The van der Waals surface area contributed by atoms with Gasteiger partial charge in [0.1, 0.15) is 5.75 Å². The normalized spacial score (nSPS) is 19.2. The van der Waals surface area contributed by atoms with E-state index in [9.17, 15) is 9.59 Å². The van der Waals surface area contributed by atoms with Crippen LogP contribution in [0.2, 0.25) is 0 Å². The topological polar surface area (TPSA) is 72.0 Å². The van der Waals surface area contributed by atoms with Crippen molar-refractivity contribution in [2.45, 2.75) is 71.0 Å². The molecule has 5 nitrogen and oxygen atoms in total. The van der Waals surface area contributed by atoms with Crippen molar-refractivity contribution < 1.29 is 19.6 Å². The minimum atomic E-state index is -0.104.